The van der Waals surface area contributed by atoms with Gasteiger partial charge >= 0.3 is 0 Å². The van der Waals surface area contributed by atoms with E-state index in [1.54, 1.807) is 18.5 Å². The Morgan fingerprint density at radius 2 is 2.05 bits per heavy atom. The maximum absolute atomic E-state index is 12.2. The third-order valence-corrected chi connectivity index (χ3v) is 4.17. The van der Waals surface area contributed by atoms with E-state index < -0.39 is 0 Å². The summed E-state index contributed by atoms with van der Waals surface area (Å²) in [5, 5.41) is 3.05. The molecule has 2 fully saturated rings. The summed E-state index contributed by atoms with van der Waals surface area (Å²) in [6, 6.07) is 1.69. The molecule has 0 atom stereocenters. The summed E-state index contributed by atoms with van der Waals surface area (Å²) in [6.07, 6.45) is 8.51. The zero-order chi connectivity index (χ0) is 13.2. The van der Waals surface area contributed by atoms with Gasteiger partial charge < -0.3 is 10.7 Å². The fourth-order valence-electron chi connectivity index (χ4n) is 2.78. The smallest absolute Gasteiger partial charge is 0.253 e. The van der Waals surface area contributed by atoms with Crippen LogP contribution >= 0.6 is 0 Å². The minimum absolute atomic E-state index is 0.0679. The highest BCUT2D eigenvalue weighted by molar-refractivity contribution is 5.99. The summed E-state index contributed by atoms with van der Waals surface area (Å²) in [5.41, 5.74) is 3.63. The van der Waals surface area contributed by atoms with Crippen LogP contribution in [0, 0.1) is 17.8 Å². The molecule has 0 spiro atoms. The Bertz CT molecular complexity index is 456. The van der Waals surface area contributed by atoms with Crippen LogP contribution in [0.5, 0.6) is 0 Å². The van der Waals surface area contributed by atoms with E-state index in [1.165, 1.54) is 25.7 Å². The van der Waals surface area contributed by atoms with Crippen LogP contribution in [0.2, 0.25) is 0 Å². The van der Waals surface area contributed by atoms with Crippen LogP contribution in [-0.2, 0) is 0 Å². The number of hydrogen-bond acceptors (Lipinski definition) is 4. The lowest BCUT2D eigenvalue weighted by Crippen LogP contribution is -2.32. The van der Waals surface area contributed by atoms with Crippen LogP contribution in [0.15, 0.2) is 18.5 Å². The average Bonchev–Trinajstić information content (AvgIpc) is 3.31. The van der Waals surface area contributed by atoms with Gasteiger partial charge in [0, 0.05) is 12.7 Å². The molecular weight excluding hydrogens is 240 g/mol. The van der Waals surface area contributed by atoms with Gasteiger partial charge in [-0.1, -0.05) is 0 Å². The minimum Gasteiger partial charge on any atom is -0.352 e. The molecule has 0 unspecified atom stereocenters. The number of aromatic nitrogens is 1. The van der Waals surface area contributed by atoms with Gasteiger partial charge in [0.15, 0.2) is 0 Å². The van der Waals surface area contributed by atoms with Crippen LogP contribution < -0.4 is 16.6 Å². The van der Waals surface area contributed by atoms with E-state index in [9.17, 15) is 4.79 Å². The molecule has 0 aromatic carbocycles. The molecule has 0 bridgehead atoms. The third-order valence-electron chi connectivity index (χ3n) is 4.17. The van der Waals surface area contributed by atoms with E-state index in [-0.39, 0.29) is 5.91 Å². The van der Waals surface area contributed by atoms with Gasteiger partial charge in [-0.15, -0.1) is 0 Å². The summed E-state index contributed by atoms with van der Waals surface area (Å²) in [6.45, 7) is 0.792. The largest absolute Gasteiger partial charge is 0.352 e. The monoisotopic (exact) mass is 260 g/mol. The summed E-state index contributed by atoms with van der Waals surface area (Å²) < 4.78 is 0. The fourth-order valence-corrected chi connectivity index (χ4v) is 2.78. The van der Waals surface area contributed by atoms with Crippen molar-refractivity contribution in [1.29, 1.82) is 0 Å². The molecule has 2 aliphatic rings. The van der Waals surface area contributed by atoms with E-state index in [1.807, 2.05) is 0 Å². The Labute approximate surface area is 112 Å². The SMILES string of the molecule is NNc1cnccc1C(=O)NCC(C1CC1)C1CC1. The fraction of sp³-hybridized carbons (Fsp3) is 0.571. The molecule has 3 rings (SSSR count). The van der Waals surface area contributed by atoms with Crippen LogP contribution in [-0.4, -0.2) is 17.4 Å². The van der Waals surface area contributed by atoms with E-state index in [4.69, 9.17) is 5.84 Å². The lowest BCUT2D eigenvalue weighted by atomic mass is 9.98. The number of pyridine rings is 1. The summed E-state index contributed by atoms with van der Waals surface area (Å²) in [5.74, 6) is 7.69. The van der Waals surface area contributed by atoms with Crippen LogP contribution in [0.1, 0.15) is 36.0 Å². The Kier molecular flexibility index (Phi) is 3.38. The van der Waals surface area contributed by atoms with Crippen molar-refractivity contribution in [2.24, 2.45) is 23.6 Å². The average molecular weight is 260 g/mol. The molecule has 0 aliphatic heterocycles. The van der Waals surface area contributed by atoms with E-state index in [2.05, 4.69) is 15.7 Å². The Morgan fingerprint density at radius 3 is 2.63 bits per heavy atom. The maximum atomic E-state index is 12.2. The van der Waals surface area contributed by atoms with Gasteiger partial charge in [0.25, 0.3) is 5.91 Å². The van der Waals surface area contributed by atoms with Gasteiger partial charge in [-0.05, 0) is 49.5 Å². The number of nitrogens with one attached hydrogen (secondary N) is 2. The predicted molar refractivity (Wildman–Crippen MR) is 73.3 cm³/mol. The van der Waals surface area contributed by atoms with E-state index >= 15 is 0 Å². The Balaban J connectivity index is 1.61. The highest BCUT2D eigenvalue weighted by Gasteiger charge is 2.41. The molecule has 2 aliphatic carbocycles. The van der Waals surface area contributed by atoms with Crippen molar-refractivity contribution >= 4 is 11.6 Å². The molecule has 1 amide bonds. The number of nitrogen functional groups attached to an aromatic ring is 1. The highest BCUT2D eigenvalue weighted by atomic mass is 16.1. The number of carbonyl (C=O) groups is 1. The predicted octanol–water partition coefficient (Wildman–Crippen LogP) is 1.53. The number of hydrogen-bond donors (Lipinski definition) is 3. The van der Waals surface area contributed by atoms with Crippen molar-refractivity contribution in [3.63, 3.8) is 0 Å². The first-order valence-corrected chi connectivity index (χ1v) is 6.98. The van der Waals surface area contributed by atoms with Crippen molar-refractivity contribution in [3.8, 4) is 0 Å². The van der Waals surface area contributed by atoms with E-state index in [0.29, 0.717) is 17.2 Å². The van der Waals surface area contributed by atoms with E-state index in [0.717, 1.165) is 18.4 Å². The lowest BCUT2D eigenvalue weighted by Gasteiger charge is -2.16. The standard InChI is InChI=1S/C14H20N4O/c15-18-13-8-16-6-5-11(13)14(19)17-7-12(9-1-2-9)10-3-4-10/h5-6,8-10,12,18H,1-4,7,15H2,(H,17,19). The topological polar surface area (TPSA) is 80.0 Å². The number of nitrogens with two attached hydrogens (primary N) is 1. The van der Waals surface area contributed by atoms with Crippen LogP contribution in [0.4, 0.5) is 5.69 Å². The van der Waals surface area contributed by atoms with Crippen molar-refractivity contribution in [2.45, 2.75) is 25.7 Å². The Hall–Kier alpha value is -1.62. The number of hydrazine groups is 1. The number of anilines is 1. The van der Waals surface area contributed by atoms with Crippen LogP contribution in [0.3, 0.4) is 0 Å². The second-order valence-electron chi connectivity index (χ2n) is 5.61. The molecule has 5 nitrogen and oxygen atoms in total. The molecule has 5 heteroatoms. The number of amides is 1. The van der Waals surface area contributed by atoms with Gasteiger partial charge in [-0.25, -0.2) is 0 Å². The van der Waals surface area contributed by atoms with Crippen LogP contribution in [0.25, 0.3) is 0 Å². The number of nitrogens with zero attached hydrogens (tertiary/aromatic N) is 1. The van der Waals surface area contributed by atoms with Gasteiger partial charge in [0.1, 0.15) is 0 Å². The molecular formula is C14H20N4O. The minimum atomic E-state index is -0.0679. The Morgan fingerprint density at radius 1 is 1.37 bits per heavy atom. The second-order valence-corrected chi connectivity index (χ2v) is 5.61. The van der Waals surface area contributed by atoms with Crippen molar-refractivity contribution in [1.82, 2.24) is 10.3 Å². The first-order chi connectivity index (χ1) is 9.29. The summed E-state index contributed by atoms with van der Waals surface area (Å²) in [7, 11) is 0. The molecule has 19 heavy (non-hydrogen) atoms. The number of rotatable bonds is 6. The van der Waals surface area contributed by atoms with Crippen molar-refractivity contribution in [2.75, 3.05) is 12.0 Å². The molecule has 0 saturated heterocycles. The second kappa shape index (κ2) is 5.17. The molecule has 2 saturated carbocycles. The maximum Gasteiger partial charge on any atom is 0.253 e. The summed E-state index contributed by atoms with van der Waals surface area (Å²) in [4.78, 5) is 16.1. The van der Waals surface area contributed by atoms with Gasteiger partial charge in [0.05, 0.1) is 17.4 Å². The first-order valence-electron chi connectivity index (χ1n) is 6.98. The zero-order valence-electron chi connectivity index (χ0n) is 10.9. The molecule has 0 radical (unpaired) electrons. The normalized spacial score (nSPS) is 18.4. The molecule has 4 N–H and O–H groups in total. The highest BCUT2D eigenvalue weighted by Crippen LogP contribution is 2.48. The third kappa shape index (κ3) is 2.87. The molecule has 1 heterocycles. The molecule has 1 aromatic rings. The van der Waals surface area contributed by atoms with Crippen molar-refractivity contribution in [3.05, 3.63) is 24.0 Å². The van der Waals surface area contributed by atoms with Crippen molar-refractivity contribution < 1.29 is 4.79 Å². The lowest BCUT2D eigenvalue weighted by molar-refractivity contribution is 0.0944. The molecule has 1 aromatic heterocycles. The zero-order valence-corrected chi connectivity index (χ0v) is 10.9. The molecule has 102 valence electrons. The van der Waals surface area contributed by atoms with Gasteiger partial charge in [-0.2, -0.15) is 0 Å². The number of carbonyl (C=O) groups excluding carboxylic acids is 1. The quantitative estimate of drug-likeness (QED) is 0.535. The van der Waals surface area contributed by atoms with Gasteiger partial charge in [-0.3, -0.25) is 15.6 Å². The first kappa shape index (κ1) is 12.4. The summed E-state index contributed by atoms with van der Waals surface area (Å²) >= 11 is 0. The van der Waals surface area contributed by atoms with Gasteiger partial charge in [0.2, 0.25) is 0 Å².